The highest BCUT2D eigenvalue weighted by atomic mass is 16.5. The van der Waals surface area contributed by atoms with Crippen molar-refractivity contribution in [3.63, 3.8) is 0 Å². The summed E-state index contributed by atoms with van der Waals surface area (Å²) in [7, 11) is 1.76. The van der Waals surface area contributed by atoms with Crippen LogP contribution in [0, 0.1) is 6.92 Å². The molecule has 0 radical (unpaired) electrons. The van der Waals surface area contributed by atoms with Crippen LogP contribution >= 0.6 is 0 Å². The van der Waals surface area contributed by atoms with Crippen molar-refractivity contribution in [1.29, 1.82) is 0 Å². The molecule has 7 heteroatoms. The molecule has 2 aromatic rings. The summed E-state index contributed by atoms with van der Waals surface area (Å²) in [4.78, 5) is 22.5. The Balaban J connectivity index is 1.92. The number of nitrogens with two attached hydrogens (primary N) is 1. The lowest BCUT2D eigenvalue weighted by atomic mass is 10.2. The monoisotopic (exact) mass is 314 g/mol. The maximum Gasteiger partial charge on any atom is 0.255 e. The van der Waals surface area contributed by atoms with E-state index in [1.807, 2.05) is 6.92 Å². The molecule has 0 atom stereocenters. The maximum absolute atomic E-state index is 11.9. The van der Waals surface area contributed by atoms with Gasteiger partial charge in [-0.05, 0) is 30.7 Å². The molecule has 1 aromatic heterocycles. The fourth-order valence-corrected chi connectivity index (χ4v) is 1.90. The van der Waals surface area contributed by atoms with Gasteiger partial charge in [-0.25, -0.2) is 0 Å². The lowest BCUT2D eigenvalue weighted by molar-refractivity contribution is -0.120. The van der Waals surface area contributed by atoms with Gasteiger partial charge in [-0.1, -0.05) is 12.1 Å². The molecule has 0 aliphatic heterocycles. The van der Waals surface area contributed by atoms with Gasteiger partial charge in [0.25, 0.3) is 5.91 Å². The van der Waals surface area contributed by atoms with Crippen LogP contribution in [-0.2, 0) is 16.6 Å². The average molecular weight is 314 g/mol. The third-order valence-electron chi connectivity index (χ3n) is 2.94. The Hall–Kier alpha value is -3.09. The van der Waals surface area contributed by atoms with Crippen LogP contribution in [-0.4, -0.2) is 28.2 Å². The van der Waals surface area contributed by atoms with Crippen molar-refractivity contribution in [2.45, 2.75) is 6.92 Å². The van der Waals surface area contributed by atoms with Crippen LogP contribution in [0.5, 0.6) is 5.75 Å². The number of primary amides is 1. The fourth-order valence-electron chi connectivity index (χ4n) is 1.90. The highest BCUT2D eigenvalue weighted by Gasteiger charge is 2.04. The standard InChI is InChI=1S/C16H18N4O3/c1-11-9-15(20(2)19-11)18-16(22)8-5-12-3-6-13(7-4-12)23-10-14(17)21/h3-9H,10H2,1-2H3,(H2,17,21)(H,18,22). The van der Waals surface area contributed by atoms with Crippen molar-refractivity contribution >= 4 is 23.7 Å². The molecule has 0 bridgehead atoms. The Morgan fingerprint density at radius 3 is 2.61 bits per heavy atom. The number of nitrogens with one attached hydrogen (secondary N) is 1. The molecule has 7 nitrogen and oxygen atoms in total. The van der Waals surface area contributed by atoms with Gasteiger partial charge < -0.3 is 15.8 Å². The van der Waals surface area contributed by atoms with Gasteiger partial charge in [0, 0.05) is 19.2 Å². The summed E-state index contributed by atoms with van der Waals surface area (Å²) < 4.78 is 6.76. The van der Waals surface area contributed by atoms with E-state index in [1.54, 1.807) is 48.1 Å². The lowest BCUT2D eigenvalue weighted by Gasteiger charge is -2.03. The summed E-state index contributed by atoms with van der Waals surface area (Å²) in [6, 6.07) is 8.73. The normalized spacial score (nSPS) is 10.7. The average Bonchev–Trinajstić information content (AvgIpc) is 2.81. The van der Waals surface area contributed by atoms with Gasteiger partial charge >= 0.3 is 0 Å². The van der Waals surface area contributed by atoms with Crippen molar-refractivity contribution < 1.29 is 14.3 Å². The second kappa shape index (κ2) is 7.26. The molecule has 0 saturated carbocycles. The minimum absolute atomic E-state index is 0.165. The number of nitrogens with zero attached hydrogens (tertiary/aromatic N) is 2. The molecule has 1 aromatic carbocycles. The molecule has 2 rings (SSSR count). The topological polar surface area (TPSA) is 99.2 Å². The number of carbonyl (C=O) groups is 2. The van der Waals surface area contributed by atoms with Crippen LogP contribution in [0.2, 0.25) is 0 Å². The van der Waals surface area contributed by atoms with Crippen LogP contribution in [0.15, 0.2) is 36.4 Å². The van der Waals surface area contributed by atoms with Gasteiger partial charge in [0.05, 0.1) is 5.69 Å². The Morgan fingerprint density at radius 2 is 2.04 bits per heavy atom. The zero-order valence-electron chi connectivity index (χ0n) is 12.9. The Labute approximate surface area is 133 Å². The van der Waals surface area contributed by atoms with E-state index in [2.05, 4.69) is 10.4 Å². The third-order valence-corrected chi connectivity index (χ3v) is 2.94. The first-order valence-corrected chi connectivity index (χ1v) is 6.95. The quantitative estimate of drug-likeness (QED) is 0.784. The number of amides is 2. The van der Waals surface area contributed by atoms with E-state index in [0.29, 0.717) is 11.6 Å². The summed E-state index contributed by atoms with van der Waals surface area (Å²) in [5.74, 6) is 0.390. The Morgan fingerprint density at radius 1 is 1.35 bits per heavy atom. The maximum atomic E-state index is 11.9. The number of aryl methyl sites for hydroxylation is 2. The second-order valence-corrected chi connectivity index (χ2v) is 4.94. The molecule has 0 aliphatic rings. The van der Waals surface area contributed by atoms with E-state index in [0.717, 1.165) is 11.3 Å². The van der Waals surface area contributed by atoms with Gasteiger partial charge in [0.1, 0.15) is 11.6 Å². The first kappa shape index (κ1) is 16.3. The van der Waals surface area contributed by atoms with Gasteiger partial charge in [0.2, 0.25) is 5.91 Å². The van der Waals surface area contributed by atoms with Crippen molar-refractivity contribution in [3.05, 3.63) is 47.7 Å². The second-order valence-electron chi connectivity index (χ2n) is 4.94. The molecule has 2 amide bonds. The molecule has 23 heavy (non-hydrogen) atoms. The first-order chi connectivity index (χ1) is 10.9. The number of ether oxygens (including phenoxy) is 1. The molecule has 0 unspecified atom stereocenters. The number of anilines is 1. The van der Waals surface area contributed by atoms with Gasteiger partial charge in [-0.2, -0.15) is 5.10 Å². The first-order valence-electron chi connectivity index (χ1n) is 6.95. The van der Waals surface area contributed by atoms with Gasteiger partial charge in [-0.15, -0.1) is 0 Å². The van der Waals surface area contributed by atoms with Crippen molar-refractivity contribution in [2.24, 2.45) is 12.8 Å². The number of carbonyl (C=O) groups excluding carboxylic acids is 2. The minimum atomic E-state index is -0.531. The Bertz CT molecular complexity index is 732. The van der Waals surface area contributed by atoms with E-state index >= 15 is 0 Å². The molecular formula is C16H18N4O3. The van der Waals surface area contributed by atoms with Crippen LogP contribution < -0.4 is 15.8 Å². The van der Waals surface area contributed by atoms with Crippen LogP contribution in [0.1, 0.15) is 11.3 Å². The minimum Gasteiger partial charge on any atom is -0.484 e. The van der Waals surface area contributed by atoms with E-state index in [-0.39, 0.29) is 12.5 Å². The largest absolute Gasteiger partial charge is 0.484 e. The third kappa shape index (κ3) is 4.99. The highest BCUT2D eigenvalue weighted by Crippen LogP contribution is 2.13. The van der Waals surface area contributed by atoms with Gasteiger partial charge in [0.15, 0.2) is 6.61 Å². The van der Waals surface area contributed by atoms with Crippen molar-refractivity contribution in [1.82, 2.24) is 9.78 Å². The summed E-state index contributed by atoms with van der Waals surface area (Å²) in [5, 5.41) is 6.90. The molecule has 3 N–H and O–H groups in total. The SMILES string of the molecule is Cc1cc(NC(=O)C=Cc2ccc(OCC(N)=O)cc2)n(C)n1. The van der Waals surface area contributed by atoms with Crippen molar-refractivity contribution in [3.8, 4) is 5.75 Å². The van der Waals surface area contributed by atoms with E-state index < -0.39 is 5.91 Å². The fraction of sp³-hybridized carbons (Fsp3) is 0.188. The number of aromatic nitrogens is 2. The summed E-state index contributed by atoms with van der Waals surface area (Å²) in [6.07, 6.45) is 3.11. The van der Waals surface area contributed by atoms with Gasteiger partial charge in [-0.3, -0.25) is 14.3 Å². The van der Waals surface area contributed by atoms with Crippen LogP contribution in [0.3, 0.4) is 0 Å². The zero-order chi connectivity index (χ0) is 16.8. The summed E-state index contributed by atoms with van der Waals surface area (Å²) in [6.45, 7) is 1.69. The number of benzene rings is 1. The predicted molar refractivity (Wildman–Crippen MR) is 86.7 cm³/mol. The van der Waals surface area contributed by atoms with Crippen LogP contribution in [0.25, 0.3) is 6.08 Å². The molecule has 0 fully saturated rings. The number of hydrogen-bond acceptors (Lipinski definition) is 4. The Kier molecular flexibility index (Phi) is 5.14. The molecule has 0 spiro atoms. The molecule has 0 saturated heterocycles. The van der Waals surface area contributed by atoms with Crippen LogP contribution in [0.4, 0.5) is 5.82 Å². The predicted octanol–water partition coefficient (Wildman–Crippen LogP) is 1.24. The van der Waals surface area contributed by atoms with E-state index in [1.165, 1.54) is 6.08 Å². The smallest absolute Gasteiger partial charge is 0.255 e. The lowest BCUT2D eigenvalue weighted by Crippen LogP contribution is -2.19. The molecular weight excluding hydrogens is 296 g/mol. The zero-order valence-corrected chi connectivity index (χ0v) is 12.9. The number of hydrogen-bond donors (Lipinski definition) is 2. The van der Waals surface area contributed by atoms with Crippen molar-refractivity contribution in [2.75, 3.05) is 11.9 Å². The summed E-state index contributed by atoms with van der Waals surface area (Å²) in [5.41, 5.74) is 6.66. The van der Waals surface area contributed by atoms with E-state index in [9.17, 15) is 9.59 Å². The molecule has 0 aliphatic carbocycles. The number of rotatable bonds is 6. The molecule has 120 valence electrons. The molecule has 1 heterocycles. The summed E-state index contributed by atoms with van der Waals surface area (Å²) >= 11 is 0. The van der Waals surface area contributed by atoms with E-state index in [4.69, 9.17) is 10.5 Å². The highest BCUT2D eigenvalue weighted by molar-refractivity contribution is 6.01.